The molecule has 6 heteroatoms. The standard InChI is InChI=1S/C14H17N3O2S/c1-10-11(2)20(19)8-7-17(10)14(18)16-13-5-3-12(9-15)4-6-13/h3-6,10-11H,7-8H2,1-2H3,(H,16,18)/t10-,11-,20+/m1/s1. The van der Waals surface area contributed by atoms with E-state index in [1.807, 2.05) is 19.9 Å². The van der Waals surface area contributed by atoms with Crippen LogP contribution in [-0.2, 0) is 10.8 Å². The third kappa shape index (κ3) is 2.99. The van der Waals surface area contributed by atoms with Crippen LogP contribution in [0.1, 0.15) is 19.4 Å². The molecule has 0 aromatic heterocycles. The van der Waals surface area contributed by atoms with Gasteiger partial charge in [-0.1, -0.05) is 0 Å². The first kappa shape index (κ1) is 14.5. The Labute approximate surface area is 121 Å². The van der Waals surface area contributed by atoms with Crippen molar-refractivity contribution in [3.05, 3.63) is 29.8 Å². The second-order valence-corrected chi connectivity index (χ2v) is 6.76. The number of carbonyl (C=O) groups is 1. The average Bonchev–Trinajstić information content (AvgIpc) is 2.45. The molecule has 2 amide bonds. The fourth-order valence-corrected chi connectivity index (χ4v) is 3.50. The maximum atomic E-state index is 12.2. The molecule has 20 heavy (non-hydrogen) atoms. The Hall–Kier alpha value is -1.87. The van der Waals surface area contributed by atoms with Crippen LogP contribution in [0.3, 0.4) is 0 Å². The minimum atomic E-state index is -0.861. The van der Waals surface area contributed by atoms with Gasteiger partial charge in [0.2, 0.25) is 0 Å². The van der Waals surface area contributed by atoms with Crippen LogP contribution in [0.15, 0.2) is 24.3 Å². The van der Waals surface area contributed by atoms with Crippen molar-refractivity contribution in [2.45, 2.75) is 25.1 Å². The molecule has 106 valence electrons. The smallest absolute Gasteiger partial charge is 0.320 e. The lowest BCUT2D eigenvalue weighted by Crippen LogP contribution is -2.53. The number of anilines is 1. The Morgan fingerprint density at radius 1 is 1.40 bits per heavy atom. The maximum Gasteiger partial charge on any atom is 0.322 e. The first-order valence-corrected chi connectivity index (χ1v) is 7.86. The normalized spacial score (nSPS) is 25.9. The Kier molecular flexibility index (Phi) is 4.40. The fraction of sp³-hybridized carbons (Fsp3) is 0.429. The summed E-state index contributed by atoms with van der Waals surface area (Å²) in [4.78, 5) is 13.9. The van der Waals surface area contributed by atoms with Crippen LogP contribution in [0.25, 0.3) is 0 Å². The van der Waals surface area contributed by atoms with Gasteiger partial charge in [0.15, 0.2) is 0 Å². The van der Waals surface area contributed by atoms with E-state index in [9.17, 15) is 9.00 Å². The molecule has 0 unspecified atom stereocenters. The van der Waals surface area contributed by atoms with Crippen molar-refractivity contribution in [1.82, 2.24) is 4.90 Å². The van der Waals surface area contributed by atoms with Crippen molar-refractivity contribution in [1.29, 1.82) is 5.26 Å². The molecule has 0 saturated carbocycles. The summed E-state index contributed by atoms with van der Waals surface area (Å²) in [7, 11) is -0.861. The number of rotatable bonds is 1. The summed E-state index contributed by atoms with van der Waals surface area (Å²) < 4.78 is 11.7. The number of nitrogens with zero attached hydrogens (tertiary/aromatic N) is 2. The van der Waals surface area contributed by atoms with Gasteiger partial charge in [-0.15, -0.1) is 0 Å². The molecule has 0 spiro atoms. The molecule has 0 aliphatic carbocycles. The van der Waals surface area contributed by atoms with Gasteiger partial charge in [0.25, 0.3) is 0 Å². The van der Waals surface area contributed by atoms with Crippen LogP contribution < -0.4 is 5.32 Å². The van der Waals surface area contributed by atoms with E-state index in [2.05, 4.69) is 5.32 Å². The third-order valence-electron chi connectivity index (χ3n) is 3.65. The quantitative estimate of drug-likeness (QED) is 0.859. The van der Waals surface area contributed by atoms with Gasteiger partial charge in [-0.25, -0.2) is 4.79 Å². The van der Waals surface area contributed by atoms with E-state index in [0.717, 1.165) is 0 Å². The van der Waals surface area contributed by atoms with Gasteiger partial charge in [0, 0.05) is 34.8 Å². The Morgan fingerprint density at radius 2 is 2.05 bits per heavy atom. The Balaban J connectivity index is 2.04. The van der Waals surface area contributed by atoms with Crippen LogP contribution in [0, 0.1) is 11.3 Å². The number of nitrogens with one attached hydrogen (secondary N) is 1. The topological polar surface area (TPSA) is 73.2 Å². The molecule has 1 heterocycles. The highest BCUT2D eigenvalue weighted by molar-refractivity contribution is 7.85. The number of amides is 2. The zero-order valence-corrected chi connectivity index (χ0v) is 12.3. The second-order valence-electron chi connectivity index (χ2n) is 4.84. The Morgan fingerprint density at radius 3 is 2.65 bits per heavy atom. The van der Waals surface area contributed by atoms with Gasteiger partial charge in [0.05, 0.1) is 16.9 Å². The molecule has 1 N–H and O–H groups in total. The first-order chi connectivity index (χ1) is 9.52. The minimum absolute atomic E-state index is 0.0181. The average molecular weight is 291 g/mol. The molecule has 1 aromatic rings. The molecule has 5 nitrogen and oxygen atoms in total. The number of urea groups is 1. The first-order valence-electron chi connectivity index (χ1n) is 6.48. The molecule has 1 fully saturated rings. The maximum absolute atomic E-state index is 12.2. The number of carbonyl (C=O) groups excluding carboxylic acids is 1. The lowest BCUT2D eigenvalue weighted by molar-refractivity contribution is 0.193. The van der Waals surface area contributed by atoms with E-state index in [1.165, 1.54) is 0 Å². The van der Waals surface area contributed by atoms with Gasteiger partial charge in [-0.2, -0.15) is 5.26 Å². The summed E-state index contributed by atoms with van der Waals surface area (Å²) in [6.45, 7) is 4.32. The predicted molar refractivity (Wildman–Crippen MR) is 78.8 cm³/mol. The molecular formula is C14H17N3O2S. The third-order valence-corrected chi connectivity index (χ3v) is 5.45. The summed E-state index contributed by atoms with van der Waals surface area (Å²) in [5.41, 5.74) is 1.21. The van der Waals surface area contributed by atoms with Crippen molar-refractivity contribution >= 4 is 22.5 Å². The summed E-state index contributed by atoms with van der Waals surface area (Å²) in [5.74, 6) is 0.520. The van der Waals surface area contributed by atoms with E-state index in [4.69, 9.17) is 5.26 Å². The van der Waals surface area contributed by atoms with Crippen molar-refractivity contribution in [3.63, 3.8) is 0 Å². The van der Waals surface area contributed by atoms with Crippen molar-refractivity contribution in [3.8, 4) is 6.07 Å². The van der Waals surface area contributed by atoms with Gasteiger partial charge in [-0.3, -0.25) is 4.21 Å². The van der Waals surface area contributed by atoms with E-state index >= 15 is 0 Å². The van der Waals surface area contributed by atoms with Crippen molar-refractivity contribution < 1.29 is 9.00 Å². The molecule has 1 saturated heterocycles. The van der Waals surface area contributed by atoms with E-state index in [1.54, 1.807) is 29.2 Å². The van der Waals surface area contributed by atoms with Crippen molar-refractivity contribution in [2.75, 3.05) is 17.6 Å². The Bertz CT molecular complexity index is 565. The highest BCUT2D eigenvalue weighted by Gasteiger charge is 2.32. The minimum Gasteiger partial charge on any atom is -0.320 e. The predicted octanol–water partition coefficient (Wildman–Crippen LogP) is 1.93. The summed E-state index contributed by atoms with van der Waals surface area (Å²) in [6, 6.07) is 8.51. The van der Waals surface area contributed by atoms with Crippen LogP contribution in [-0.4, -0.2) is 38.7 Å². The number of benzene rings is 1. The molecule has 2 rings (SSSR count). The molecule has 0 bridgehead atoms. The molecule has 0 radical (unpaired) electrons. The zero-order chi connectivity index (χ0) is 14.7. The highest BCUT2D eigenvalue weighted by Crippen LogP contribution is 2.18. The van der Waals surface area contributed by atoms with Gasteiger partial charge in [-0.05, 0) is 38.1 Å². The van der Waals surface area contributed by atoms with Crippen LogP contribution in [0.4, 0.5) is 10.5 Å². The summed E-state index contributed by atoms with van der Waals surface area (Å²) >= 11 is 0. The van der Waals surface area contributed by atoms with Gasteiger partial charge < -0.3 is 10.2 Å². The molecule has 1 aromatic carbocycles. The lowest BCUT2D eigenvalue weighted by atomic mass is 10.2. The van der Waals surface area contributed by atoms with E-state index in [-0.39, 0.29) is 17.3 Å². The second kappa shape index (κ2) is 6.06. The zero-order valence-electron chi connectivity index (χ0n) is 11.5. The largest absolute Gasteiger partial charge is 0.322 e. The molecule has 3 atom stereocenters. The van der Waals surface area contributed by atoms with Crippen molar-refractivity contribution in [2.24, 2.45) is 0 Å². The van der Waals surface area contributed by atoms with Gasteiger partial charge >= 0.3 is 6.03 Å². The van der Waals surface area contributed by atoms with Crippen LogP contribution >= 0.6 is 0 Å². The summed E-state index contributed by atoms with van der Waals surface area (Å²) in [6.07, 6.45) is 0. The van der Waals surface area contributed by atoms with E-state index < -0.39 is 10.8 Å². The number of hydrogen-bond acceptors (Lipinski definition) is 3. The molecular weight excluding hydrogens is 274 g/mol. The monoisotopic (exact) mass is 291 g/mol. The van der Waals surface area contributed by atoms with Gasteiger partial charge in [0.1, 0.15) is 0 Å². The lowest BCUT2D eigenvalue weighted by Gasteiger charge is -2.37. The number of hydrogen-bond donors (Lipinski definition) is 1. The molecule has 1 aliphatic heterocycles. The van der Waals surface area contributed by atoms with E-state index in [0.29, 0.717) is 23.5 Å². The highest BCUT2D eigenvalue weighted by atomic mass is 32.2. The molecule has 1 aliphatic rings. The fourth-order valence-electron chi connectivity index (χ4n) is 2.16. The van der Waals surface area contributed by atoms with Crippen LogP contribution in [0.2, 0.25) is 0 Å². The number of nitriles is 1. The summed E-state index contributed by atoms with van der Waals surface area (Å²) in [5, 5.41) is 11.5. The van der Waals surface area contributed by atoms with Crippen LogP contribution in [0.5, 0.6) is 0 Å². The SMILES string of the molecule is C[C@@H]1[C@@H](C)[S@@](=O)CCN1C(=O)Nc1ccc(C#N)cc1.